The third-order valence-corrected chi connectivity index (χ3v) is 5.29. The number of pyridine rings is 1. The lowest BCUT2D eigenvalue weighted by molar-refractivity contribution is 0.0952. The number of hydrogen-bond acceptors (Lipinski definition) is 5. The van der Waals surface area contributed by atoms with Crippen LogP contribution in [0.5, 0.6) is 0 Å². The fourth-order valence-corrected chi connectivity index (χ4v) is 3.69. The summed E-state index contributed by atoms with van der Waals surface area (Å²) in [6.07, 6.45) is 2.02. The Morgan fingerprint density at radius 2 is 2.23 bits per heavy atom. The molecule has 134 valence electrons. The Morgan fingerprint density at radius 1 is 1.42 bits per heavy atom. The SMILES string of the molecule is CCn1c(=O)[nH]c(=O)c2c(C(=O)NCc3ccsc3)cc(C3CC3)nc21. The quantitative estimate of drug-likeness (QED) is 0.718. The minimum atomic E-state index is -0.578. The van der Waals surface area contributed by atoms with Crippen LogP contribution in [0.25, 0.3) is 11.0 Å². The van der Waals surface area contributed by atoms with Crippen LogP contribution in [0.3, 0.4) is 0 Å². The van der Waals surface area contributed by atoms with Gasteiger partial charge in [0, 0.05) is 24.7 Å². The lowest BCUT2D eigenvalue weighted by atomic mass is 10.1. The zero-order valence-electron chi connectivity index (χ0n) is 14.2. The number of rotatable bonds is 5. The van der Waals surface area contributed by atoms with Gasteiger partial charge in [-0.1, -0.05) is 0 Å². The van der Waals surface area contributed by atoms with Crippen molar-refractivity contribution in [2.75, 3.05) is 0 Å². The number of thiophene rings is 1. The average Bonchev–Trinajstić information content (AvgIpc) is 3.35. The molecule has 0 bridgehead atoms. The molecule has 0 atom stereocenters. The van der Waals surface area contributed by atoms with Crippen LogP contribution < -0.4 is 16.6 Å². The van der Waals surface area contributed by atoms with Gasteiger partial charge in [0.05, 0.1) is 10.9 Å². The van der Waals surface area contributed by atoms with Crippen molar-refractivity contribution in [3.8, 4) is 0 Å². The third kappa shape index (κ3) is 2.96. The van der Waals surface area contributed by atoms with Crippen molar-refractivity contribution >= 4 is 28.3 Å². The summed E-state index contributed by atoms with van der Waals surface area (Å²) in [5.74, 6) is -0.0418. The molecule has 0 saturated heterocycles. The predicted molar refractivity (Wildman–Crippen MR) is 99.8 cm³/mol. The molecular formula is C18H18N4O3S. The van der Waals surface area contributed by atoms with Crippen LogP contribution in [-0.2, 0) is 13.1 Å². The third-order valence-electron chi connectivity index (χ3n) is 4.56. The summed E-state index contributed by atoms with van der Waals surface area (Å²) in [4.78, 5) is 44.2. The molecule has 0 aliphatic heterocycles. The minimum Gasteiger partial charge on any atom is -0.348 e. The molecule has 7 nitrogen and oxygen atoms in total. The number of carbonyl (C=O) groups is 1. The van der Waals surface area contributed by atoms with Gasteiger partial charge in [-0.15, -0.1) is 0 Å². The average molecular weight is 370 g/mol. The van der Waals surface area contributed by atoms with Gasteiger partial charge in [0.15, 0.2) is 5.65 Å². The van der Waals surface area contributed by atoms with Crippen LogP contribution in [0.1, 0.15) is 47.3 Å². The van der Waals surface area contributed by atoms with E-state index in [0.717, 1.165) is 24.1 Å². The summed E-state index contributed by atoms with van der Waals surface area (Å²) in [5, 5.41) is 6.93. The van der Waals surface area contributed by atoms with E-state index < -0.39 is 11.2 Å². The van der Waals surface area contributed by atoms with Crippen molar-refractivity contribution < 1.29 is 4.79 Å². The van der Waals surface area contributed by atoms with Gasteiger partial charge >= 0.3 is 5.69 Å². The molecule has 0 unspecified atom stereocenters. The Kier molecular flexibility index (Phi) is 4.20. The largest absolute Gasteiger partial charge is 0.348 e. The van der Waals surface area contributed by atoms with E-state index in [-0.39, 0.29) is 22.5 Å². The molecule has 1 saturated carbocycles. The Hall–Kier alpha value is -2.74. The van der Waals surface area contributed by atoms with Gasteiger partial charge in [0.25, 0.3) is 11.5 Å². The molecule has 1 amide bonds. The number of fused-ring (bicyclic) bond motifs is 1. The van der Waals surface area contributed by atoms with Crippen molar-refractivity contribution in [3.63, 3.8) is 0 Å². The first-order chi connectivity index (χ1) is 12.6. The van der Waals surface area contributed by atoms with Crippen molar-refractivity contribution in [2.24, 2.45) is 0 Å². The number of aryl methyl sites for hydroxylation is 1. The standard InChI is InChI=1S/C18H18N4O3S/c1-2-22-15-14(17(24)21-18(22)25)12(7-13(20-15)11-3-4-11)16(23)19-8-10-5-6-26-9-10/h5-7,9,11H,2-4,8H2,1H3,(H,19,23)(H,21,24,25). The molecule has 0 radical (unpaired) electrons. The summed E-state index contributed by atoms with van der Waals surface area (Å²) >= 11 is 1.56. The highest BCUT2D eigenvalue weighted by molar-refractivity contribution is 7.07. The number of H-pyrrole nitrogens is 1. The number of nitrogens with one attached hydrogen (secondary N) is 2. The van der Waals surface area contributed by atoms with E-state index in [1.165, 1.54) is 4.57 Å². The smallest absolute Gasteiger partial charge is 0.329 e. The van der Waals surface area contributed by atoms with Crippen LogP contribution in [-0.4, -0.2) is 20.4 Å². The van der Waals surface area contributed by atoms with Gasteiger partial charge in [-0.25, -0.2) is 9.78 Å². The van der Waals surface area contributed by atoms with Crippen molar-refractivity contribution in [1.82, 2.24) is 19.9 Å². The maximum Gasteiger partial charge on any atom is 0.329 e. The normalized spacial score (nSPS) is 13.9. The molecule has 0 aromatic carbocycles. The molecule has 3 aromatic heterocycles. The van der Waals surface area contributed by atoms with Crippen molar-refractivity contribution in [3.05, 3.63) is 60.6 Å². The zero-order chi connectivity index (χ0) is 18.3. The van der Waals surface area contributed by atoms with E-state index in [1.54, 1.807) is 24.3 Å². The van der Waals surface area contributed by atoms with Gasteiger partial charge in [0.1, 0.15) is 0 Å². The van der Waals surface area contributed by atoms with E-state index in [9.17, 15) is 14.4 Å². The first kappa shape index (κ1) is 16.7. The first-order valence-corrected chi connectivity index (χ1v) is 9.49. The maximum atomic E-state index is 12.8. The summed E-state index contributed by atoms with van der Waals surface area (Å²) < 4.78 is 1.40. The molecule has 0 spiro atoms. The zero-order valence-corrected chi connectivity index (χ0v) is 15.1. The number of carbonyl (C=O) groups excluding carboxylic acids is 1. The Bertz CT molecular complexity index is 1090. The number of amides is 1. The molecule has 26 heavy (non-hydrogen) atoms. The second-order valence-corrected chi connectivity index (χ2v) is 7.17. The Morgan fingerprint density at radius 3 is 2.88 bits per heavy atom. The van der Waals surface area contributed by atoms with Crippen LogP contribution in [0.15, 0.2) is 32.5 Å². The predicted octanol–water partition coefficient (Wildman–Crippen LogP) is 1.97. The first-order valence-electron chi connectivity index (χ1n) is 8.55. The number of aromatic amines is 1. The van der Waals surface area contributed by atoms with Gasteiger partial charge < -0.3 is 5.32 Å². The fraction of sp³-hybridized carbons (Fsp3) is 0.333. The lowest BCUT2D eigenvalue weighted by Gasteiger charge is -2.12. The maximum absolute atomic E-state index is 12.8. The Labute approximate surface area is 152 Å². The van der Waals surface area contributed by atoms with E-state index in [2.05, 4.69) is 15.3 Å². The summed E-state index contributed by atoms with van der Waals surface area (Å²) in [6, 6.07) is 3.63. The summed E-state index contributed by atoms with van der Waals surface area (Å²) in [6.45, 7) is 2.56. The van der Waals surface area contributed by atoms with Crippen molar-refractivity contribution in [1.29, 1.82) is 0 Å². The minimum absolute atomic E-state index is 0.165. The monoisotopic (exact) mass is 370 g/mol. The van der Waals surface area contributed by atoms with Crippen LogP contribution >= 0.6 is 11.3 Å². The van der Waals surface area contributed by atoms with Crippen molar-refractivity contribution in [2.45, 2.75) is 38.8 Å². The lowest BCUT2D eigenvalue weighted by Crippen LogP contribution is -2.33. The summed E-state index contributed by atoms with van der Waals surface area (Å²) in [5.41, 5.74) is 1.25. The highest BCUT2D eigenvalue weighted by atomic mass is 32.1. The van der Waals surface area contributed by atoms with E-state index in [0.29, 0.717) is 19.0 Å². The number of aromatic nitrogens is 3. The molecule has 3 aromatic rings. The molecule has 8 heteroatoms. The van der Waals surface area contributed by atoms with Gasteiger partial charge in [-0.05, 0) is 48.2 Å². The highest BCUT2D eigenvalue weighted by Crippen LogP contribution is 2.39. The molecule has 2 N–H and O–H groups in total. The molecular weight excluding hydrogens is 352 g/mol. The number of nitrogens with zero attached hydrogens (tertiary/aromatic N) is 2. The second kappa shape index (κ2) is 6.53. The molecule has 1 aliphatic rings. The molecule has 1 aliphatic carbocycles. The van der Waals surface area contributed by atoms with Crippen LogP contribution in [0.2, 0.25) is 0 Å². The topological polar surface area (TPSA) is 96.9 Å². The molecule has 4 rings (SSSR count). The molecule has 1 fully saturated rings. The van der Waals surface area contributed by atoms with Crippen LogP contribution in [0, 0.1) is 0 Å². The second-order valence-electron chi connectivity index (χ2n) is 6.39. The van der Waals surface area contributed by atoms with Gasteiger partial charge in [-0.3, -0.25) is 19.1 Å². The Balaban J connectivity index is 1.85. The van der Waals surface area contributed by atoms with E-state index in [1.807, 2.05) is 16.8 Å². The highest BCUT2D eigenvalue weighted by Gasteiger charge is 2.28. The number of hydrogen-bond donors (Lipinski definition) is 2. The van der Waals surface area contributed by atoms with Gasteiger partial charge in [-0.2, -0.15) is 11.3 Å². The summed E-state index contributed by atoms with van der Waals surface area (Å²) in [7, 11) is 0. The van der Waals surface area contributed by atoms with Gasteiger partial charge in [0.2, 0.25) is 0 Å². The van der Waals surface area contributed by atoms with E-state index in [4.69, 9.17) is 0 Å². The molecule has 3 heterocycles. The van der Waals surface area contributed by atoms with Crippen LogP contribution in [0.4, 0.5) is 0 Å². The fourth-order valence-electron chi connectivity index (χ4n) is 3.02. The van der Waals surface area contributed by atoms with E-state index >= 15 is 0 Å².